The van der Waals surface area contributed by atoms with Crippen LogP contribution in [0.1, 0.15) is 23.0 Å². The maximum atomic E-state index is 13.1. The Labute approximate surface area is 142 Å². The molecule has 1 heterocycles. The number of hydrogen-bond donors (Lipinski definition) is 0. The van der Waals surface area contributed by atoms with E-state index in [1.165, 1.54) is 6.92 Å². The average molecular weight is 392 g/mol. The van der Waals surface area contributed by atoms with Gasteiger partial charge in [-0.2, -0.15) is 0 Å². The number of ketones is 1. The van der Waals surface area contributed by atoms with E-state index < -0.39 is 10.0 Å². The van der Waals surface area contributed by atoms with Crippen LogP contribution in [0, 0.1) is 6.92 Å². The summed E-state index contributed by atoms with van der Waals surface area (Å²) in [5.41, 5.74) is 1.58. The zero-order valence-electron chi connectivity index (χ0n) is 12.6. The van der Waals surface area contributed by atoms with Crippen molar-refractivity contribution in [3.63, 3.8) is 0 Å². The van der Waals surface area contributed by atoms with Crippen molar-refractivity contribution in [2.45, 2.75) is 18.7 Å². The molecule has 0 bridgehead atoms. The number of fused-ring (bicyclic) bond motifs is 1. The third kappa shape index (κ3) is 2.52. The van der Waals surface area contributed by atoms with Gasteiger partial charge in [-0.05, 0) is 41.1 Å². The van der Waals surface area contributed by atoms with Gasteiger partial charge in [0.1, 0.15) is 5.69 Å². The Morgan fingerprint density at radius 1 is 1.04 bits per heavy atom. The lowest BCUT2D eigenvalue weighted by Gasteiger charge is -2.11. The lowest BCUT2D eigenvalue weighted by atomic mass is 10.2. The van der Waals surface area contributed by atoms with E-state index in [-0.39, 0.29) is 16.4 Å². The van der Waals surface area contributed by atoms with Crippen molar-refractivity contribution in [3.05, 3.63) is 64.3 Å². The van der Waals surface area contributed by atoms with Crippen molar-refractivity contribution >= 4 is 42.6 Å². The number of nitrogens with zero attached hydrogens (tertiary/aromatic N) is 1. The highest BCUT2D eigenvalue weighted by Crippen LogP contribution is 2.34. The number of benzene rings is 2. The largest absolute Gasteiger partial charge is 0.293 e. The predicted octanol–water partition coefficient (Wildman–Crippen LogP) is 4.15. The molecular formula is C17H14BrNO3S. The summed E-state index contributed by atoms with van der Waals surface area (Å²) in [6.45, 7) is 3.25. The highest BCUT2D eigenvalue weighted by atomic mass is 79.9. The minimum Gasteiger partial charge on any atom is -0.293 e. The fraction of sp³-hybridized carbons (Fsp3) is 0.118. The Balaban J connectivity index is 2.41. The van der Waals surface area contributed by atoms with Crippen molar-refractivity contribution in [2.24, 2.45) is 0 Å². The number of carbonyl (C=O) groups is 1. The van der Waals surface area contributed by atoms with E-state index in [1.807, 2.05) is 6.92 Å². The van der Waals surface area contributed by atoms with E-state index in [4.69, 9.17) is 0 Å². The number of para-hydroxylation sites is 1. The van der Waals surface area contributed by atoms with E-state index in [0.717, 1.165) is 9.54 Å². The maximum Gasteiger partial charge on any atom is 0.268 e. The molecule has 0 saturated heterocycles. The summed E-state index contributed by atoms with van der Waals surface area (Å²) < 4.78 is 27.8. The van der Waals surface area contributed by atoms with Gasteiger partial charge < -0.3 is 0 Å². The Bertz CT molecular complexity index is 1020. The number of hydrogen-bond acceptors (Lipinski definition) is 3. The molecule has 0 N–H and O–H groups in total. The quantitative estimate of drug-likeness (QED) is 0.630. The maximum absolute atomic E-state index is 13.1. The fourth-order valence-electron chi connectivity index (χ4n) is 2.54. The Hall–Kier alpha value is -1.92. The second kappa shape index (κ2) is 5.62. The molecule has 0 unspecified atom stereocenters. The molecule has 3 aromatic rings. The third-order valence-corrected chi connectivity index (χ3v) is 6.19. The normalized spacial score (nSPS) is 11.8. The number of aryl methyl sites for hydroxylation is 1. The van der Waals surface area contributed by atoms with Crippen molar-refractivity contribution in [2.75, 3.05) is 0 Å². The first-order chi connectivity index (χ1) is 10.8. The molecule has 23 heavy (non-hydrogen) atoms. The summed E-state index contributed by atoms with van der Waals surface area (Å²) in [7, 11) is -3.87. The Morgan fingerprint density at radius 3 is 2.26 bits per heavy atom. The van der Waals surface area contributed by atoms with Crippen LogP contribution >= 0.6 is 15.9 Å². The molecule has 0 aliphatic rings. The molecule has 3 rings (SSSR count). The first-order valence-electron chi connectivity index (χ1n) is 6.96. The average Bonchev–Trinajstić information content (AvgIpc) is 2.82. The van der Waals surface area contributed by atoms with Crippen LogP contribution in [0.15, 0.2) is 57.9 Å². The molecule has 2 aromatic carbocycles. The molecule has 0 amide bonds. The molecule has 6 heteroatoms. The summed E-state index contributed by atoms with van der Waals surface area (Å²) in [6, 6.07) is 13.6. The minimum atomic E-state index is -3.87. The highest BCUT2D eigenvalue weighted by molar-refractivity contribution is 9.10. The summed E-state index contributed by atoms with van der Waals surface area (Å²) in [5.74, 6) is -0.316. The number of Topliss-reactive ketones (excluding diaryl/α,β-unsaturated/α-hetero) is 1. The van der Waals surface area contributed by atoms with Gasteiger partial charge in [-0.3, -0.25) is 4.79 Å². The highest BCUT2D eigenvalue weighted by Gasteiger charge is 2.27. The molecule has 0 saturated carbocycles. The molecule has 0 aliphatic carbocycles. The fourth-order valence-corrected chi connectivity index (χ4v) is 5.01. The van der Waals surface area contributed by atoms with E-state index >= 15 is 0 Å². The number of aromatic nitrogens is 1. The van der Waals surface area contributed by atoms with Gasteiger partial charge in [-0.1, -0.05) is 35.9 Å². The van der Waals surface area contributed by atoms with Crippen molar-refractivity contribution in [3.8, 4) is 0 Å². The topological polar surface area (TPSA) is 56.1 Å². The van der Waals surface area contributed by atoms with Gasteiger partial charge in [-0.25, -0.2) is 12.4 Å². The SMILES string of the molecule is CC(=O)c1c(Br)c2ccccc2n1S(=O)(=O)c1ccc(C)cc1. The molecule has 118 valence electrons. The number of rotatable bonds is 3. The van der Waals surface area contributed by atoms with Crippen LogP contribution < -0.4 is 0 Å². The molecular weight excluding hydrogens is 378 g/mol. The van der Waals surface area contributed by atoms with Crippen molar-refractivity contribution < 1.29 is 13.2 Å². The predicted molar refractivity (Wildman–Crippen MR) is 93.4 cm³/mol. The lowest BCUT2D eigenvalue weighted by Crippen LogP contribution is -2.17. The van der Waals surface area contributed by atoms with Crippen LogP contribution in [-0.4, -0.2) is 18.2 Å². The van der Waals surface area contributed by atoms with Gasteiger partial charge in [0.15, 0.2) is 5.78 Å². The smallest absolute Gasteiger partial charge is 0.268 e. The van der Waals surface area contributed by atoms with Crippen LogP contribution in [0.5, 0.6) is 0 Å². The molecule has 0 fully saturated rings. The van der Waals surface area contributed by atoms with Gasteiger partial charge in [0.2, 0.25) is 0 Å². The van der Waals surface area contributed by atoms with Gasteiger partial charge in [-0.15, -0.1) is 0 Å². The first kappa shape index (κ1) is 16.0. The second-order valence-electron chi connectivity index (χ2n) is 5.32. The minimum absolute atomic E-state index is 0.131. The van der Waals surface area contributed by atoms with Crippen molar-refractivity contribution in [1.82, 2.24) is 3.97 Å². The van der Waals surface area contributed by atoms with Crippen molar-refractivity contribution in [1.29, 1.82) is 0 Å². The second-order valence-corrected chi connectivity index (χ2v) is 7.90. The lowest BCUT2D eigenvalue weighted by molar-refractivity contribution is 0.101. The zero-order chi connectivity index (χ0) is 16.8. The number of halogens is 1. The first-order valence-corrected chi connectivity index (χ1v) is 9.19. The van der Waals surface area contributed by atoms with E-state index in [2.05, 4.69) is 15.9 Å². The van der Waals surface area contributed by atoms with E-state index in [9.17, 15) is 13.2 Å². The molecule has 0 spiro atoms. The summed E-state index contributed by atoms with van der Waals surface area (Å²) in [4.78, 5) is 12.2. The molecule has 4 nitrogen and oxygen atoms in total. The standard InChI is InChI=1S/C17H14BrNO3S/c1-11-7-9-13(10-8-11)23(21,22)19-15-6-4-3-5-14(15)16(18)17(19)12(2)20/h3-10H,1-2H3. The number of carbonyl (C=O) groups excluding carboxylic acids is 1. The Kier molecular flexibility index (Phi) is 3.90. The van der Waals surface area contributed by atoms with Crippen LogP contribution in [0.25, 0.3) is 10.9 Å². The van der Waals surface area contributed by atoms with Crippen LogP contribution in [0.2, 0.25) is 0 Å². The molecule has 1 aromatic heterocycles. The Morgan fingerprint density at radius 2 is 1.65 bits per heavy atom. The molecule has 0 atom stereocenters. The van der Waals surface area contributed by atoms with E-state index in [0.29, 0.717) is 15.4 Å². The summed E-state index contributed by atoms with van der Waals surface area (Å²) >= 11 is 3.37. The van der Waals surface area contributed by atoms with E-state index in [1.54, 1.807) is 48.5 Å². The third-order valence-electron chi connectivity index (χ3n) is 3.66. The molecule has 0 radical (unpaired) electrons. The monoisotopic (exact) mass is 391 g/mol. The van der Waals surface area contributed by atoms with Crippen LogP contribution in [0.3, 0.4) is 0 Å². The van der Waals surface area contributed by atoms with Gasteiger partial charge in [0, 0.05) is 12.3 Å². The van der Waals surface area contributed by atoms with Gasteiger partial charge >= 0.3 is 0 Å². The summed E-state index contributed by atoms with van der Waals surface area (Å²) in [6.07, 6.45) is 0. The van der Waals surface area contributed by atoms with Gasteiger partial charge in [0.05, 0.1) is 14.9 Å². The zero-order valence-corrected chi connectivity index (χ0v) is 15.0. The summed E-state index contributed by atoms with van der Waals surface area (Å²) in [5, 5.41) is 0.688. The molecule has 0 aliphatic heterocycles. The van der Waals surface area contributed by atoms with Crippen LogP contribution in [0.4, 0.5) is 0 Å². The van der Waals surface area contributed by atoms with Crippen LogP contribution in [-0.2, 0) is 10.0 Å². The van der Waals surface area contributed by atoms with Gasteiger partial charge in [0.25, 0.3) is 10.0 Å².